The Labute approximate surface area is 158 Å². The molecule has 25 heavy (non-hydrogen) atoms. The Morgan fingerprint density at radius 2 is 2.04 bits per heavy atom. The van der Waals surface area contributed by atoms with Crippen molar-refractivity contribution in [1.29, 1.82) is 0 Å². The summed E-state index contributed by atoms with van der Waals surface area (Å²) in [5.74, 6) is 0.0884. The number of rotatable bonds is 5. The Kier molecular flexibility index (Phi) is 6.29. The van der Waals surface area contributed by atoms with Crippen LogP contribution in [0.15, 0.2) is 42.7 Å². The lowest BCUT2D eigenvalue weighted by Gasteiger charge is -2.32. The average molecular weight is 378 g/mol. The van der Waals surface area contributed by atoms with Gasteiger partial charge in [-0.05, 0) is 43.1 Å². The molecule has 1 N–H and O–H groups in total. The molecule has 0 aliphatic carbocycles. The van der Waals surface area contributed by atoms with E-state index in [0.29, 0.717) is 23.1 Å². The van der Waals surface area contributed by atoms with Gasteiger partial charge in [-0.25, -0.2) is 0 Å². The van der Waals surface area contributed by atoms with Gasteiger partial charge in [0.15, 0.2) is 0 Å². The smallest absolute Gasteiger partial charge is 0.224 e. The quantitative estimate of drug-likeness (QED) is 0.858. The van der Waals surface area contributed by atoms with Gasteiger partial charge in [-0.3, -0.25) is 14.7 Å². The lowest BCUT2D eigenvalue weighted by atomic mass is 9.96. The Morgan fingerprint density at radius 1 is 1.24 bits per heavy atom. The number of hydrogen-bond acceptors (Lipinski definition) is 3. The number of aromatic nitrogens is 1. The molecule has 1 fully saturated rings. The minimum Gasteiger partial charge on any atom is -0.352 e. The molecule has 1 amide bonds. The number of halogens is 2. The average Bonchev–Trinajstić information content (AvgIpc) is 2.64. The first-order chi connectivity index (χ1) is 12.1. The topological polar surface area (TPSA) is 45.2 Å². The molecule has 132 valence electrons. The van der Waals surface area contributed by atoms with Crippen molar-refractivity contribution in [2.75, 3.05) is 13.1 Å². The highest BCUT2D eigenvalue weighted by molar-refractivity contribution is 6.35. The summed E-state index contributed by atoms with van der Waals surface area (Å²) in [4.78, 5) is 18.8. The van der Waals surface area contributed by atoms with E-state index in [1.165, 1.54) is 0 Å². The second-order valence-corrected chi connectivity index (χ2v) is 7.17. The lowest BCUT2D eigenvalue weighted by Crippen LogP contribution is -2.42. The maximum atomic E-state index is 12.5. The third-order valence-corrected chi connectivity index (χ3v) is 5.22. The maximum absolute atomic E-state index is 12.5. The molecule has 1 aliphatic heterocycles. The maximum Gasteiger partial charge on any atom is 0.224 e. The number of hydrogen-bond donors (Lipinski definition) is 1. The minimum absolute atomic E-state index is 0.00770. The van der Waals surface area contributed by atoms with Gasteiger partial charge in [-0.15, -0.1) is 0 Å². The first kappa shape index (κ1) is 18.2. The molecule has 1 aromatic heterocycles. The number of amides is 1. The fourth-order valence-corrected chi connectivity index (χ4v) is 3.67. The Bertz CT molecular complexity index is 704. The van der Waals surface area contributed by atoms with Crippen molar-refractivity contribution < 1.29 is 4.79 Å². The molecule has 1 atom stereocenters. The fourth-order valence-electron chi connectivity index (χ4n) is 3.16. The summed E-state index contributed by atoms with van der Waals surface area (Å²) in [7, 11) is 0. The number of piperidine rings is 1. The number of carbonyl (C=O) groups is 1. The summed E-state index contributed by atoms with van der Waals surface area (Å²) in [6.45, 7) is 2.86. The molecule has 2 heterocycles. The van der Waals surface area contributed by atoms with Crippen LogP contribution in [0, 0.1) is 5.92 Å². The van der Waals surface area contributed by atoms with Crippen LogP contribution in [-0.2, 0) is 17.9 Å². The molecule has 4 nitrogen and oxygen atoms in total. The van der Waals surface area contributed by atoms with Crippen molar-refractivity contribution in [2.24, 2.45) is 5.92 Å². The van der Waals surface area contributed by atoms with Gasteiger partial charge in [0.05, 0.1) is 5.92 Å². The highest BCUT2D eigenvalue weighted by Gasteiger charge is 2.26. The van der Waals surface area contributed by atoms with Crippen LogP contribution in [0.5, 0.6) is 0 Å². The van der Waals surface area contributed by atoms with Crippen LogP contribution in [0.2, 0.25) is 10.0 Å². The van der Waals surface area contributed by atoms with Gasteiger partial charge in [0.25, 0.3) is 0 Å². The van der Waals surface area contributed by atoms with Crippen LogP contribution in [0.25, 0.3) is 0 Å². The Balaban J connectivity index is 1.56. The van der Waals surface area contributed by atoms with Gasteiger partial charge in [0, 0.05) is 47.6 Å². The van der Waals surface area contributed by atoms with Crippen LogP contribution in [0.1, 0.15) is 24.0 Å². The SMILES string of the molecule is O=C(NCc1cccnc1)[C@H]1CCCN(Cc2c(Cl)cccc2Cl)C1. The van der Waals surface area contributed by atoms with E-state index >= 15 is 0 Å². The summed E-state index contributed by atoms with van der Waals surface area (Å²) in [5, 5.41) is 4.37. The molecule has 0 spiro atoms. The van der Waals surface area contributed by atoms with Gasteiger partial charge in [-0.2, -0.15) is 0 Å². The molecule has 0 saturated carbocycles. The van der Waals surface area contributed by atoms with E-state index in [9.17, 15) is 4.79 Å². The van der Waals surface area contributed by atoms with E-state index in [2.05, 4.69) is 15.2 Å². The third-order valence-electron chi connectivity index (χ3n) is 4.51. The molecule has 6 heteroatoms. The number of carbonyl (C=O) groups excluding carboxylic acids is 1. The lowest BCUT2D eigenvalue weighted by molar-refractivity contribution is -0.126. The van der Waals surface area contributed by atoms with Gasteiger partial charge in [0.2, 0.25) is 5.91 Å². The van der Waals surface area contributed by atoms with Crippen LogP contribution in [-0.4, -0.2) is 28.9 Å². The largest absolute Gasteiger partial charge is 0.352 e. The summed E-state index contributed by atoms with van der Waals surface area (Å²) in [5.41, 5.74) is 1.94. The van der Waals surface area contributed by atoms with E-state index < -0.39 is 0 Å². The molecular formula is C19H21Cl2N3O. The van der Waals surface area contributed by atoms with Crippen molar-refractivity contribution in [3.05, 3.63) is 63.9 Å². The van der Waals surface area contributed by atoms with Gasteiger partial charge < -0.3 is 5.32 Å². The summed E-state index contributed by atoms with van der Waals surface area (Å²) in [6.07, 6.45) is 5.40. The van der Waals surface area contributed by atoms with E-state index in [0.717, 1.165) is 37.1 Å². The molecule has 0 unspecified atom stereocenters. The fraction of sp³-hybridized carbons (Fsp3) is 0.368. The van der Waals surface area contributed by atoms with E-state index in [1.54, 1.807) is 12.4 Å². The van der Waals surface area contributed by atoms with Crippen molar-refractivity contribution in [3.8, 4) is 0 Å². The number of benzene rings is 1. The standard InChI is InChI=1S/C19H21Cl2N3O/c20-17-6-1-7-18(21)16(17)13-24-9-3-5-15(12-24)19(25)23-11-14-4-2-8-22-10-14/h1-2,4,6-8,10,15H,3,5,9,11-13H2,(H,23,25)/t15-/m0/s1. The molecular weight excluding hydrogens is 357 g/mol. The predicted octanol–water partition coefficient (Wildman–Crippen LogP) is 3.92. The van der Waals surface area contributed by atoms with Crippen LogP contribution >= 0.6 is 23.2 Å². The zero-order valence-electron chi connectivity index (χ0n) is 13.9. The predicted molar refractivity (Wildman–Crippen MR) is 101 cm³/mol. The molecule has 1 aromatic carbocycles. The summed E-state index contributed by atoms with van der Waals surface area (Å²) < 4.78 is 0. The van der Waals surface area contributed by atoms with Crippen LogP contribution in [0.3, 0.4) is 0 Å². The van der Waals surface area contributed by atoms with E-state index in [-0.39, 0.29) is 11.8 Å². The van der Waals surface area contributed by atoms with Crippen LogP contribution in [0.4, 0.5) is 0 Å². The van der Waals surface area contributed by atoms with Gasteiger partial charge in [-0.1, -0.05) is 35.3 Å². The number of nitrogens with one attached hydrogen (secondary N) is 1. The zero-order valence-corrected chi connectivity index (χ0v) is 15.4. The monoisotopic (exact) mass is 377 g/mol. The second kappa shape index (κ2) is 8.65. The molecule has 2 aromatic rings. The van der Waals surface area contributed by atoms with Crippen LogP contribution < -0.4 is 5.32 Å². The number of likely N-dealkylation sites (tertiary alicyclic amines) is 1. The Hall–Kier alpha value is -1.62. The zero-order chi connectivity index (χ0) is 17.6. The van der Waals surface area contributed by atoms with Crippen molar-refractivity contribution in [2.45, 2.75) is 25.9 Å². The van der Waals surface area contributed by atoms with E-state index in [1.807, 2.05) is 30.3 Å². The first-order valence-electron chi connectivity index (χ1n) is 8.45. The van der Waals surface area contributed by atoms with Gasteiger partial charge >= 0.3 is 0 Å². The van der Waals surface area contributed by atoms with E-state index in [4.69, 9.17) is 23.2 Å². The normalized spacial score (nSPS) is 18.1. The third kappa shape index (κ3) is 4.94. The summed E-state index contributed by atoms with van der Waals surface area (Å²) >= 11 is 12.5. The summed E-state index contributed by atoms with van der Waals surface area (Å²) in [6, 6.07) is 9.38. The van der Waals surface area contributed by atoms with Crippen molar-refractivity contribution in [3.63, 3.8) is 0 Å². The second-order valence-electron chi connectivity index (χ2n) is 6.35. The highest BCUT2D eigenvalue weighted by Crippen LogP contribution is 2.27. The molecule has 0 bridgehead atoms. The molecule has 1 aliphatic rings. The Morgan fingerprint density at radius 3 is 2.76 bits per heavy atom. The van der Waals surface area contributed by atoms with Crippen molar-refractivity contribution >= 4 is 29.1 Å². The number of nitrogens with zero attached hydrogens (tertiary/aromatic N) is 2. The minimum atomic E-state index is -0.00770. The highest BCUT2D eigenvalue weighted by atomic mass is 35.5. The van der Waals surface area contributed by atoms with Gasteiger partial charge in [0.1, 0.15) is 0 Å². The molecule has 1 saturated heterocycles. The molecule has 3 rings (SSSR count). The number of pyridine rings is 1. The van der Waals surface area contributed by atoms with Crippen molar-refractivity contribution in [1.82, 2.24) is 15.2 Å². The molecule has 0 radical (unpaired) electrons. The first-order valence-corrected chi connectivity index (χ1v) is 9.21.